The number of carbonyl (C=O) groups is 4. The summed E-state index contributed by atoms with van der Waals surface area (Å²) >= 11 is 1.50. The molecule has 2 heterocycles. The van der Waals surface area contributed by atoms with Gasteiger partial charge in [0.2, 0.25) is 11.8 Å². The van der Waals surface area contributed by atoms with E-state index >= 15 is 0 Å². The number of nitrogens with one attached hydrogen (secondary N) is 1. The number of aliphatic imine (C=N–C) groups is 1. The lowest BCUT2D eigenvalue weighted by atomic mass is 9.96. The molecule has 1 aromatic carbocycles. The zero-order chi connectivity index (χ0) is 29.5. The van der Waals surface area contributed by atoms with Gasteiger partial charge in [0.15, 0.2) is 18.2 Å². The highest BCUT2D eigenvalue weighted by Gasteiger charge is 2.52. The lowest BCUT2D eigenvalue weighted by Gasteiger charge is -2.46. The maximum atomic E-state index is 13.7. The van der Waals surface area contributed by atoms with Gasteiger partial charge in [0.1, 0.15) is 36.6 Å². The van der Waals surface area contributed by atoms with Crippen molar-refractivity contribution in [3.63, 3.8) is 0 Å². The Morgan fingerprint density at radius 2 is 1.73 bits per heavy atom. The number of ether oxygens (including phenoxy) is 5. The van der Waals surface area contributed by atoms with E-state index in [9.17, 15) is 23.6 Å². The van der Waals surface area contributed by atoms with Crippen LogP contribution in [0.2, 0.25) is 0 Å². The molecule has 2 aliphatic heterocycles. The number of carbonyl (C=O) groups excluding carboxylic acids is 4. The van der Waals surface area contributed by atoms with Crippen molar-refractivity contribution in [3.05, 3.63) is 35.6 Å². The average Bonchev–Trinajstić information content (AvgIpc) is 3.42. The van der Waals surface area contributed by atoms with Crippen LogP contribution in [0.5, 0.6) is 0 Å². The number of rotatable bonds is 9. The Morgan fingerprint density at radius 3 is 2.39 bits per heavy atom. The number of amides is 1. The van der Waals surface area contributed by atoms with Crippen LogP contribution in [0.15, 0.2) is 29.3 Å². The first-order valence-corrected chi connectivity index (χ1v) is 14.6. The van der Waals surface area contributed by atoms with Crippen molar-refractivity contribution in [1.82, 2.24) is 5.32 Å². The van der Waals surface area contributed by atoms with Gasteiger partial charge in [-0.15, -0.1) is 11.8 Å². The van der Waals surface area contributed by atoms with Crippen LogP contribution in [0.4, 0.5) is 4.39 Å². The summed E-state index contributed by atoms with van der Waals surface area (Å²) in [7, 11) is 0. The van der Waals surface area contributed by atoms with Crippen molar-refractivity contribution in [1.29, 1.82) is 0 Å². The van der Waals surface area contributed by atoms with Gasteiger partial charge < -0.3 is 29.0 Å². The molecule has 4 rings (SSSR count). The summed E-state index contributed by atoms with van der Waals surface area (Å²) in [4.78, 5) is 53.8. The Hall–Kier alpha value is -3.19. The molecule has 1 saturated carbocycles. The fourth-order valence-electron chi connectivity index (χ4n) is 5.11. The molecule has 2 fully saturated rings. The molecular formula is C28H35FN2O9S. The second-order valence-corrected chi connectivity index (χ2v) is 11.6. The highest BCUT2D eigenvalue weighted by Crippen LogP contribution is 2.38. The topological polar surface area (TPSA) is 139 Å². The summed E-state index contributed by atoms with van der Waals surface area (Å²) in [6.07, 6.45) is 1.87. The van der Waals surface area contributed by atoms with Crippen LogP contribution in [0.3, 0.4) is 0 Å². The standard InChI is InChI=1S/C28H35FN2O9S/c1-15(32)36-14-22-24(38-16(2)33)25(39-17(3)34)23(28(40-22)41-20-10-5-4-6-11-20)31-26(35)21-13-37-27(30-21)18-8-7-9-19(29)12-18/h7-9,12,20-25,28H,4-6,10-11,13-14H2,1-3H3,(H,31,35)/t21?,22-,23-,24-,25-,28-/m1/s1. The fourth-order valence-corrected chi connectivity index (χ4v) is 6.70. The van der Waals surface area contributed by atoms with Crippen LogP contribution < -0.4 is 5.32 Å². The summed E-state index contributed by atoms with van der Waals surface area (Å²) in [5.41, 5.74) is -0.333. The number of thioether (sulfide) groups is 1. The number of hydrogen-bond acceptors (Lipinski definition) is 11. The fraction of sp³-hybridized carbons (Fsp3) is 0.607. The Balaban J connectivity index is 1.62. The molecule has 6 atom stereocenters. The van der Waals surface area contributed by atoms with Crippen LogP contribution in [0.1, 0.15) is 58.4 Å². The highest BCUT2D eigenvalue weighted by molar-refractivity contribution is 8.00. The molecule has 1 N–H and O–H groups in total. The molecule has 1 amide bonds. The Labute approximate surface area is 241 Å². The molecular weight excluding hydrogens is 559 g/mol. The lowest BCUT2D eigenvalue weighted by Crippen LogP contribution is -2.66. The van der Waals surface area contributed by atoms with Gasteiger partial charge in [-0.05, 0) is 31.0 Å². The number of hydrogen-bond donors (Lipinski definition) is 1. The number of esters is 3. The Morgan fingerprint density at radius 1 is 1.02 bits per heavy atom. The van der Waals surface area contributed by atoms with E-state index in [1.807, 2.05) is 0 Å². The smallest absolute Gasteiger partial charge is 0.303 e. The van der Waals surface area contributed by atoms with E-state index in [4.69, 9.17) is 23.7 Å². The Kier molecular flexibility index (Phi) is 10.6. The van der Waals surface area contributed by atoms with Crippen molar-refractivity contribution in [2.45, 2.75) is 94.0 Å². The van der Waals surface area contributed by atoms with Gasteiger partial charge in [-0.1, -0.05) is 25.3 Å². The molecule has 1 aliphatic carbocycles. The predicted molar refractivity (Wildman–Crippen MR) is 145 cm³/mol. The number of halogens is 1. The van der Waals surface area contributed by atoms with Gasteiger partial charge in [-0.2, -0.15) is 0 Å². The molecule has 11 nitrogen and oxygen atoms in total. The Bertz CT molecular complexity index is 1160. The van der Waals surface area contributed by atoms with Gasteiger partial charge in [0, 0.05) is 31.6 Å². The van der Waals surface area contributed by atoms with Crippen molar-refractivity contribution in [2.24, 2.45) is 4.99 Å². The quantitative estimate of drug-likeness (QED) is 0.335. The van der Waals surface area contributed by atoms with Crippen LogP contribution in [-0.4, -0.2) is 84.0 Å². The van der Waals surface area contributed by atoms with E-state index in [1.54, 1.807) is 6.07 Å². The predicted octanol–water partition coefficient (Wildman–Crippen LogP) is 2.67. The second kappa shape index (κ2) is 14.1. The van der Waals surface area contributed by atoms with Gasteiger partial charge in [0.05, 0.1) is 0 Å². The summed E-state index contributed by atoms with van der Waals surface area (Å²) in [5.74, 6) is -2.74. The van der Waals surface area contributed by atoms with Crippen LogP contribution in [0, 0.1) is 5.82 Å². The lowest BCUT2D eigenvalue weighted by molar-refractivity contribution is -0.212. The first-order chi connectivity index (χ1) is 19.6. The molecule has 224 valence electrons. The van der Waals surface area contributed by atoms with E-state index in [2.05, 4.69) is 10.3 Å². The third-order valence-corrected chi connectivity index (χ3v) is 8.44. The van der Waals surface area contributed by atoms with E-state index in [-0.39, 0.29) is 24.4 Å². The number of benzene rings is 1. The molecule has 1 unspecified atom stereocenters. The minimum Gasteiger partial charge on any atom is -0.475 e. The first kappa shape index (κ1) is 30.8. The van der Waals surface area contributed by atoms with Crippen LogP contribution in [-0.2, 0) is 42.9 Å². The maximum Gasteiger partial charge on any atom is 0.303 e. The average molecular weight is 595 g/mol. The van der Waals surface area contributed by atoms with Gasteiger partial charge >= 0.3 is 17.9 Å². The van der Waals surface area contributed by atoms with E-state index in [1.165, 1.54) is 50.7 Å². The van der Waals surface area contributed by atoms with Crippen molar-refractivity contribution < 1.29 is 47.3 Å². The monoisotopic (exact) mass is 594 g/mol. The molecule has 3 aliphatic rings. The van der Waals surface area contributed by atoms with Gasteiger partial charge in [0.25, 0.3) is 0 Å². The summed E-state index contributed by atoms with van der Waals surface area (Å²) in [6.45, 7) is 3.33. The zero-order valence-corrected chi connectivity index (χ0v) is 24.0. The third-order valence-electron chi connectivity index (χ3n) is 6.91. The maximum absolute atomic E-state index is 13.7. The molecule has 13 heteroatoms. The molecule has 0 spiro atoms. The van der Waals surface area contributed by atoms with Gasteiger partial charge in [-0.3, -0.25) is 19.2 Å². The second-order valence-electron chi connectivity index (χ2n) is 10.2. The van der Waals surface area contributed by atoms with Crippen molar-refractivity contribution in [3.8, 4) is 0 Å². The van der Waals surface area contributed by atoms with Crippen molar-refractivity contribution >= 4 is 41.5 Å². The highest BCUT2D eigenvalue weighted by atomic mass is 32.2. The normalized spacial score (nSPS) is 28.1. The summed E-state index contributed by atoms with van der Waals surface area (Å²) in [5, 5.41) is 3.13. The third kappa shape index (κ3) is 8.41. The molecule has 1 saturated heterocycles. The van der Waals surface area contributed by atoms with Crippen LogP contribution in [0.25, 0.3) is 0 Å². The first-order valence-electron chi connectivity index (χ1n) is 13.7. The largest absolute Gasteiger partial charge is 0.475 e. The molecule has 0 bridgehead atoms. The van der Waals surface area contributed by atoms with Crippen molar-refractivity contribution in [2.75, 3.05) is 13.2 Å². The minimum atomic E-state index is -1.17. The number of nitrogens with zero attached hydrogens (tertiary/aromatic N) is 1. The van der Waals surface area contributed by atoms with E-state index in [0.717, 1.165) is 32.1 Å². The summed E-state index contributed by atoms with van der Waals surface area (Å²) in [6, 6.07) is 3.79. The molecule has 0 radical (unpaired) electrons. The minimum absolute atomic E-state index is 0.0770. The van der Waals surface area contributed by atoms with E-state index < -0.39 is 65.5 Å². The van der Waals surface area contributed by atoms with E-state index in [0.29, 0.717) is 5.56 Å². The SMILES string of the molecule is CC(=O)OC[C@H]1O[C@H](SC2CCCCC2)[C@H](NC(=O)C2COC(c3cccc(F)c3)=N2)[C@@H](OC(C)=O)[C@@H]1OC(C)=O. The molecule has 41 heavy (non-hydrogen) atoms. The van der Waals surface area contributed by atoms with Crippen LogP contribution >= 0.6 is 11.8 Å². The molecule has 1 aromatic rings. The van der Waals surface area contributed by atoms with Gasteiger partial charge in [-0.25, -0.2) is 9.38 Å². The zero-order valence-electron chi connectivity index (χ0n) is 23.2. The summed E-state index contributed by atoms with van der Waals surface area (Å²) < 4.78 is 42.0. The molecule has 0 aromatic heterocycles.